The Bertz CT molecular complexity index is 1290. The predicted molar refractivity (Wildman–Crippen MR) is 111 cm³/mol. The van der Waals surface area contributed by atoms with Crippen molar-refractivity contribution in [2.24, 2.45) is 0 Å². The van der Waals surface area contributed by atoms with E-state index in [0.29, 0.717) is 0 Å². The first-order valence-corrected chi connectivity index (χ1v) is 10.1. The van der Waals surface area contributed by atoms with Gasteiger partial charge in [0.2, 0.25) is 11.8 Å². The second-order valence-electron chi connectivity index (χ2n) is 8.00. The SMILES string of the molecule is Oc1c(O)c(C(O)(O)n2c(C(O)(O)N3C(O)(O)CCC3(O)O)nc3ccccc32)c(O)c(O)c1Cl. The lowest BCUT2D eigenvalue weighted by Gasteiger charge is -2.43. The van der Waals surface area contributed by atoms with E-state index in [1.54, 1.807) is 0 Å². The van der Waals surface area contributed by atoms with Crippen LogP contribution in [0.3, 0.4) is 0 Å². The molecule has 0 unspecified atom stereocenters. The fourth-order valence-corrected chi connectivity index (χ4v) is 4.29. The third-order valence-electron chi connectivity index (χ3n) is 5.67. The third kappa shape index (κ3) is 3.46. The number of aromatic hydroxyl groups is 4. The summed E-state index contributed by atoms with van der Waals surface area (Å²) in [7, 11) is 0. The van der Waals surface area contributed by atoms with Gasteiger partial charge in [-0.25, -0.2) is 4.98 Å². The summed E-state index contributed by atoms with van der Waals surface area (Å²) in [5, 5.41) is 124. The lowest BCUT2D eigenvalue weighted by atomic mass is 10.1. The summed E-state index contributed by atoms with van der Waals surface area (Å²) in [5.41, 5.74) is -1.96. The van der Waals surface area contributed by atoms with Gasteiger partial charge in [0.1, 0.15) is 10.6 Å². The lowest BCUT2D eigenvalue weighted by molar-refractivity contribution is -0.457. The number of halogens is 1. The van der Waals surface area contributed by atoms with Gasteiger partial charge in [-0.05, 0) is 12.1 Å². The van der Waals surface area contributed by atoms with Crippen molar-refractivity contribution >= 4 is 22.6 Å². The highest BCUT2D eigenvalue weighted by molar-refractivity contribution is 6.34. The van der Waals surface area contributed by atoms with E-state index in [-0.39, 0.29) is 15.6 Å². The fourth-order valence-electron chi connectivity index (χ4n) is 4.11. The number of benzene rings is 2. The molecule has 2 aromatic carbocycles. The molecule has 12 N–H and O–H groups in total. The highest BCUT2D eigenvalue weighted by Crippen LogP contribution is 2.53. The first-order valence-electron chi connectivity index (χ1n) is 9.70. The average Bonchev–Trinajstić information content (AvgIpc) is 3.26. The summed E-state index contributed by atoms with van der Waals surface area (Å²) >= 11 is 5.58. The van der Waals surface area contributed by atoms with E-state index in [2.05, 4.69) is 4.98 Å². The number of aromatic nitrogens is 2. The number of phenols is 4. The van der Waals surface area contributed by atoms with Gasteiger partial charge in [-0.3, -0.25) is 4.57 Å². The molecule has 0 radical (unpaired) electrons. The van der Waals surface area contributed by atoms with Crippen LogP contribution in [-0.4, -0.2) is 87.6 Å². The first-order chi connectivity index (χ1) is 16.0. The number of fused-ring (bicyclic) bond motifs is 1. The molecule has 0 saturated carbocycles. The Kier molecular flexibility index (Phi) is 5.40. The van der Waals surface area contributed by atoms with E-state index in [1.807, 2.05) is 0 Å². The molecule has 0 aliphatic carbocycles. The highest BCUT2D eigenvalue weighted by atomic mass is 35.5. The van der Waals surface area contributed by atoms with Crippen LogP contribution in [0.2, 0.25) is 5.02 Å². The monoisotopic (exact) mass is 517 g/mol. The Labute approximate surface area is 199 Å². The molecule has 2 heterocycles. The second kappa shape index (κ2) is 7.52. The molecular weight excluding hydrogens is 498 g/mol. The van der Waals surface area contributed by atoms with E-state index in [4.69, 9.17) is 11.6 Å². The molecule has 1 saturated heterocycles. The van der Waals surface area contributed by atoms with Crippen molar-refractivity contribution in [2.45, 2.75) is 36.5 Å². The van der Waals surface area contributed by atoms with E-state index in [1.165, 1.54) is 18.2 Å². The van der Waals surface area contributed by atoms with Crippen molar-refractivity contribution in [1.82, 2.24) is 14.5 Å². The van der Waals surface area contributed by atoms with Crippen LogP contribution < -0.4 is 0 Å². The van der Waals surface area contributed by atoms with Gasteiger partial charge in [-0.15, -0.1) is 4.90 Å². The fraction of sp³-hybridized carbons (Fsp3) is 0.316. The van der Waals surface area contributed by atoms with Crippen LogP contribution in [0.1, 0.15) is 24.2 Å². The van der Waals surface area contributed by atoms with Gasteiger partial charge in [0.05, 0.1) is 11.0 Å². The number of imidazole rings is 1. The molecule has 0 atom stereocenters. The number of aliphatic hydroxyl groups is 8. The molecule has 4 rings (SSSR count). The van der Waals surface area contributed by atoms with Gasteiger partial charge in [0, 0.05) is 12.8 Å². The van der Waals surface area contributed by atoms with Crippen LogP contribution in [0.15, 0.2) is 24.3 Å². The van der Waals surface area contributed by atoms with Gasteiger partial charge in [-0.1, -0.05) is 23.7 Å². The standard InChI is InChI=1S/C19H20ClN3O12/c20-10-13(26)11(24)9(12(25)14(10)27)18(32,33)22-8-4-2-1-3-7(8)21-15(22)19(34,35)23-16(28,29)5-6-17(23,30)31/h1-4,24-35H,5-6H2. The van der Waals surface area contributed by atoms with E-state index >= 15 is 0 Å². The minimum absolute atomic E-state index is 0.147. The zero-order valence-electron chi connectivity index (χ0n) is 17.3. The summed E-state index contributed by atoms with van der Waals surface area (Å²) in [5.74, 6) is -21.0. The lowest BCUT2D eigenvalue weighted by Crippen LogP contribution is -2.65. The van der Waals surface area contributed by atoms with Crippen LogP contribution in [0.5, 0.6) is 23.0 Å². The van der Waals surface area contributed by atoms with Gasteiger partial charge in [0.15, 0.2) is 28.8 Å². The minimum atomic E-state index is -3.89. The van der Waals surface area contributed by atoms with E-state index in [9.17, 15) is 61.3 Å². The number of rotatable bonds is 4. The van der Waals surface area contributed by atoms with Crippen LogP contribution in [0, 0.1) is 0 Å². The summed E-state index contributed by atoms with van der Waals surface area (Å²) in [6.07, 6.45) is -1.60. The number of likely N-dealkylation sites (tertiary alicyclic amines) is 1. The Balaban J connectivity index is 2.08. The van der Waals surface area contributed by atoms with Crippen molar-refractivity contribution in [3.05, 3.63) is 40.7 Å². The molecule has 0 spiro atoms. The number of nitrogens with zero attached hydrogens (tertiary/aromatic N) is 3. The van der Waals surface area contributed by atoms with Gasteiger partial charge in [-0.2, -0.15) is 0 Å². The van der Waals surface area contributed by atoms with Crippen molar-refractivity contribution in [1.29, 1.82) is 0 Å². The Morgan fingerprint density at radius 3 is 1.77 bits per heavy atom. The molecule has 1 aliphatic heterocycles. The largest absolute Gasteiger partial charge is 0.504 e. The number of hydrogen-bond acceptors (Lipinski definition) is 14. The molecule has 0 bridgehead atoms. The number of phenolic OH excluding ortho intramolecular Hbond substituents is 4. The number of hydrogen-bond donors (Lipinski definition) is 12. The Morgan fingerprint density at radius 1 is 0.771 bits per heavy atom. The van der Waals surface area contributed by atoms with Crippen LogP contribution in [0.25, 0.3) is 11.0 Å². The van der Waals surface area contributed by atoms with Crippen LogP contribution in [-0.2, 0) is 11.8 Å². The smallest absolute Gasteiger partial charge is 0.296 e. The number of para-hydroxylation sites is 2. The quantitative estimate of drug-likeness (QED) is 0.0979. The maximum absolute atomic E-state index is 11.1. The molecule has 3 aromatic rings. The van der Waals surface area contributed by atoms with Crippen LogP contribution in [0.4, 0.5) is 0 Å². The summed E-state index contributed by atoms with van der Waals surface area (Å²) in [6.45, 7) is 0. The molecule has 190 valence electrons. The molecule has 16 heteroatoms. The molecule has 15 nitrogen and oxygen atoms in total. The van der Waals surface area contributed by atoms with Crippen molar-refractivity contribution in [2.75, 3.05) is 0 Å². The van der Waals surface area contributed by atoms with E-state index in [0.717, 1.165) is 6.07 Å². The van der Waals surface area contributed by atoms with Gasteiger partial charge >= 0.3 is 0 Å². The van der Waals surface area contributed by atoms with Crippen LogP contribution >= 0.6 is 11.6 Å². The predicted octanol–water partition coefficient (Wildman–Crippen LogP) is -2.38. The maximum Gasteiger partial charge on any atom is 0.296 e. The highest BCUT2D eigenvalue weighted by Gasteiger charge is 2.64. The second-order valence-corrected chi connectivity index (χ2v) is 8.38. The minimum Gasteiger partial charge on any atom is -0.504 e. The third-order valence-corrected chi connectivity index (χ3v) is 6.03. The molecule has 1 aliphatic rings. The first kappa shape index (κ1) is 25.1. The summed E-state index contributed by atoms with van der Waals surface area (Å²) in [6, 6.07) is 5.10. The molecule has 0 amide bonds. The summed E-state index contributed by atoms with van der Waals surface area (Å²) in [4.78, 5) is 3.42. The van der Waals surface area contributed by atoms with Gasteiger partial charge in [0.25, 0.3) is 11.8 Å². The molecular formula is C19H20ClN3O12. The normalized spacial score (nSPS) is 18.4. The molecule has 1 aromatic heterocycles. The Morgan fingerprint density at radius 2 is 1.26 bits per heavy atom. The van der Waals surface area contributed by atoms with Gasteiger partial charge < -0.3 is 61.3 Å². The van der Waals surface area contributed by atoms with Crippen molar-refractivity contribution < 1.29 is 61.3 Å². The zero-order valence-corrected chi connectivity index (χ0v) is 18.1. The van der Waals surface area contributed by atoms with Crippen molar-refractivity contribution in [3.8, 4) is 23.0 Å². The maximum atomic E-state index is 11.1. The van der Waals surface area contributed by atoms with E-state index < -0.39 is 80.8 Å². The Hall–Kier alpha value is -2.96. The zero-order chi connectivity index (χ0) is 26.3. The molecule has 1 fully saturated rings. The van der Waals surface area contributed by atoms with Crippen molar-refractivity contribution in [3.63, 3.8) is 0 Å². The topological polar surface area (TPSA) is 264 Å². The summed E-state index contributed by atoms with van der Waals surface area (Å²) < 4.78 is 0.147. The average molecular weight is 518 g/mol. The molecule has 35 heavy (non-hydrogen) atoms.